The van der Waals surface area contributed by atoms with Crippen molar-refractivity contribution in [3.8, 4) is 10.8 Å². The van der Waals surface area contributed by atoms with Crippen LogP contribution in [0.1, 0.15) is 21.8 Å². The Morgan fingerprint density at radius 1 is 1.26 bits per heavy atom. The number of hydrogen-bond donors (Lipinski definition) is 1. The number of rotatable bonds is 5. The van der Waals surface area contributed by atoms with Gasteiger partial charge in [0.15, 0.2) is 10.8 Å². The summed E-state index contributed by atoms with van der Waals surface area (Å²) in [5.41, 5.74) is 1.34. The summed E-state index contributed by atoms with van der Waals surface area (Å²) in [7, 11) is 0. The van der Waals surface area contributed by atoms with Crippen LogP contribution in [0.5, 0.6) is 0 Å². The Bertz CT molecular complexity index is 808. The number of hydrogen-bond acceptors (Lipinski definition) is 4. The molecule has 0 aliphatic heterocycles. The second-order valence-corrected chi connectivity index (χ2v) is 5.94. The highest BCUT2D eigenvalue weighted by molar-refractivity contribution is 7.13. The number of aromatic nitrogens is 1. The molecular weight excluding hydrogens is 315 g/mol. The van der Waals surface area contributed by atoms with E-state index in [1.165, 1.54) is 23.5 Å². The first-order chi connectivity index (χ1) is 11.1. The standard InChI is InChI=1S/C17H15FN2O2S/c1-11-2-7-15(22-11)17-20-14(10-23-17)16(21)19-9-8-12-3-5-13(18)6-4-12/h2-7,10H,8-9H2,1H3,(H,19,21). The van der Waals surface area contributed by atoms with E-state index in [2.05, 4.69) is 10.3 Å². The molecule has 2 aromatic heterocycles. The Hall–Kier alpha value is -2.47. The average molecular weight is 330 g/mol. The van der Waals surface area contributed by atoms with E-state index < -0.39 is 0 Å². The van der Waals surface area contributed by atoms with E-state index in [9.17, 15) is 9.18 Å². The van der Waals surface area contributed by atoms with Crippen molar-refractivity contribution in [2.45, 2.75) is 13.3 Å². The molecule has 1 N–H and O–H groups in total. The third-order valence-electron chi connectivity index (χ3n) is 3.30. The van der Waals surface area contributed by atoms with Gasteiger partial charge in [0.25, 0.3) is 5.91 Å². The molecule has 118 valence electrons. The van der Waals surface area contributed by atoms with Gasteiger partial charge in [-0.3, -0.25) is 4.79 Å². The minimum Gasteiger partial charge on any atom is -0.459 e. The van der Waals surface area contributed by atoms with Crippen molar-refractivity contribution in [1.29, 1.82) is 0 Å². The van der Waals surface area contributed by atoms with Crippen molar-refractivity contribution in [2.24, 2.45) is 0 Å². The van der Waals surface area contributed by atoms with Gasteiger partial charge < -0.3 is 9.73 Å². The molecule has 3 rings (SSSR count). The van der Waals surface area contributed by atoms with Crippen molar-refractivity contribution >= 4 is 17.2 Å². The summed E-state index contributed by atoms with van der Waals surface area (Å²) in [5, 5.41) is 5.20. The Morgan fingerprint density at radius 3 is 2.74 bits per heavy atom. The summed E-state index contributed by atoms with van der Waals surface area (Å²) in [6.45, 7) is 2.33. The Morgan fingerprint density at radius 2 is 2.04 bits per heavy atom. The number of thiazole rings is 1. The molecule has 3 aromatic rings. The maximum absolute atomic E-state index is 12.8. The first-order valence-electron chi connectivity index (χ1n) is 7.17. The zero-order valence-corrected chi connectivity index (χ0v) is 13.3. The van der Waals surface area contributed by atoms with E-state index in [0.717, 1.165) is 11.3 Å². The molecule has 6 heteroatoms. The predicted molar refractivity (Wildman–Crippen MR) is 87.0 cm³/mol. The number of carbonyl (C=O) groups excluding carboxylic acids is 1. The van der Waals surface area contributed by atoms with Gasteiger partial charge in [-0.05, 0) is 43.2 Å². The van der Waals surface area contributed by atoms with Crippen LogP contribution in [0.2, 0.25) is 0 Å². The quantitative estimate of drug-likeness (QED) is 0.774. The summed E-state index contributed by atoms with van der Waals surface area (Å²) in [6, 6.07) is 9.94. The highest BCUT2D eigenvalue weighted by Crippen LogP contribution is 2.25. The van der Waals surface area contributed by atoms with E-state index in [1.807, 2.05) is 19.1 Å². The SMILES string of the molecule is Cc1ccc(-c2nc(C(=O)NCCc3ccc(F)cc3)cs2)o1. The third-order valence-corrected chi connectivity index (χ3v) is 4.16. The lowest BCUT2D eigenvalue weighted by Gasteiger charge is -2.03. The fourth-order valence-corrected chi connectivity index (χ4v) is 2.86. The van der Waals surface area contributed by atoms with Crippen LogP contribution in [-0.4, -0.2) is 17.4 Å². The Labute approximate surface area is 137 Å². The van der Waals surface area contributed by atoms with Gasteiger partial charge >= 0.3 is 0 Å². The van der Waals surface area contributed by atoms with Crippen molar-refractivity contribution < 1.29 is 13.6 Å². The van der Waals surface area contributed by atoms with Crippen molar-refractivity contribution in [3.05, 3.63) is 64.6 Å². The van der Waals surface area contributed by atoms with Crippen LogP contribution in [-0.2, 0) is 6.42 Å². The molecular formula is C17H15FN2O2S. The molecule has 0 saturated heterocycles. The van der Waals surface area contributed by atoms with Crippen LogP contribution in [0.4, 0.5) is 4.39 Å². The van der Waals surface area contributed by atoms with Gasteiger partial charge in [-0.25, -0.2) is 9.37 Å². The largest absolute Gasteiger partial charge is 0.459 e. The van der Waals surface area contributed by atoms with E-state index in [4.69, 9.17) is 4.42 Å². The number of amides is 1. The molecule has 0 bridgehead atoms. The molecule has 2 heterocycles. The lowest BCUT2D eigenvalue weighted by Crippen LogP contribution is -2.25. The Kier molecular flexibility index (Phi) is 4.52. The lowest BCUT2D eigenvalue weighted by atomic mass is 10.1. The maximum atomic E-state index is 12.8. The van der Waals surface area contributed by atoms with Gasteiger partial charge in [-0.15, -0.1) is 11.3 Å². The number of furan rings is 1. The number of nitrogens with one attached hydrogen (secondary N) is 1. The minimum absolute atomic E-state index is 0.224. The normalized spacial score (nSPS) is 10.7. The summed E-state index contributed by atoms with van der Waals surface area (Å²) in [4.78, 5) is 16.4. The molecule has 4 nitrogen and oxygen atoms in total. The molecule has 23 heavy (non-hydrogen) atoms. The molecule has 0 radical (unpaired) electrons. The minimum atomic E-state index is -0.263. The van der Waals surface area contributed by atoms with E-state index >= 15 is 0 Å². The summed E-state index contributed by atoms with van der Waals surface area (Å²) < 4.78 is 18.3. The number of carbonyl (C=O) groups is 1. The van der Waals surface area contributed by atoms with Crippen molar-refractivity contribution in [3.63, 3.8) is 0 Å². The van der Waals surface area contributed by atoms with Crippen LogP contribution >= 0.6 is 11.3 Å². The molecule has 0 aliphatic rings. The molecule has 0 spiro atoms. The summed E-state index contributed by atoms with van der Waals surface area (Å²) in [6.07, 6.45) is 0.639. The highest BCUT2D eigenvalue weighted by atomic mass is 32.1. The van der Waals surface area contributed by atoms with Crippen molar-refractivity contribution in [2.75, 3.05) is 6.54 Å². The topological polar surface area (TPSA) is 55.1 Å². The summed E-state index contributed by atoms with van der Waals surface area (Å²) >= 11 is 1.37. The lowest BCUT2D eigenvalue weighted by molar-refractivity contribution is 0.0950. The van der Waals surface area contributed by atoms with Crippen LogP contribution in [0, 0.1) is 12.7 Å². The number of aryl methyl sites for hydroxylation is 1. The fourth-order valence-electron chi connectivity index (χ4n) is 2.10. The van der Waals surface area contributed by atoms with E-state index in [0.29, 0.717) is 29.4 Å². The summed E-state index contributed by atoms with van der Waals surface area (Å²) in [5.74, 6) is 0.984. The Balaban J connectivity index is 1.56. The van der Waals surface area contributed by atoms with Gasteiger partial charge in [0.1, 0.15) is 17.3 Å². The number of halogens is 1. The smallest absolute Gasteiger partial charge is 0.270 e. The predicted octanol–water partition coefficient (Wildman–Crippen LogP) is 3.82. The number of benzene rings is 1. The molecule has 0 fully saturated rings. The molecule has 1 aromatic carbocycles. The zero-order chi connectivity index (χ0) is 16.2. The zero-order valence-electron chi connectivity index (χ0n) is 12.5. The van der Waals surface area contributed by atoms with Crippen molar-refractivity contribution in [1.82, 2.24) is 10.3 Å². The number of nitrogens with zero attached hydrogens (tertiary/aromatic N) is 1. The highest BCUT2D eigenvalue weighted by Gasteiger charge is 2.13. The third kappa shape index (κ3) is 3.84. The van der Waals surface area contributed by atoms with Crippen LogP contribution in [0.25, 0.3) is 10.8 Å². The molecule has 0 aliphatic carbocycles. The van der Waals surface area contributed by atoms with Crippen LogP contribution in [0.15, 0.2) is 46.2 Å². The second-order valence-electron chi connectivity index (χ2n) is 5.08. The van der Waals surface area contributed by atoms with Gasteiger partial charge in [-0.2, -0.15) is 0 Å². The van der Waals surface area contributed by atoms with Gasteiger partial charge in [0, 0.05) is 11.9 Å². The first kappa shape index (κ1) is 15.4. The van der Waals surface area contributed by atoms with E-state index in [-0.39, 0.29) is 11.7 Å². The maximum Gasteiger partial charge on any atom is 0.270 e. The van der Waals surface area contributed by atoms with Gasteiger partial charge in [-0.1, -0.05) is 12.1 Å². The fraction of sp³-hybridized carbons (Fsp3) is 0.176. The van der Waals surface area contributed by atoms with E-state index in [1.54, 1.807) is 17.5 Å². The molecule has 1 amide bonds. The van der Waals surface area contributed by atoms with Crippen LogP contribution < -0.4 is 5.32 Å². The second kappa shape index (κ2) is 6.75. The first-order valence-corrected chi connectivity index (χ1v) is 8.05. The monoisotopic (exact) mass is 330 g/mol. The van der Waals surface area contributed by atoms with Crippen LogP contribution in [0.3, 0.4) is 0 Å². The average Bonchev–Trinajstić information content (AvgIpc) is 3.18. The molecule has 0 saturated carbocycles. The van der Waals surface area contributed by atoms with Gasteiger partial charge in [0.05, 0.1) is 0 Å². The molecule has 0 unspecified atom stereocenters. The molecule has 0 atom stereocenters. The van der Waals surface area contributed by atoms with Gasteiger partial charge in [0.2, 0.25) is 0 Å².